The molecule has 132 valence electrons. The fourth-order valence-electron chi connectivity index (χ4n) is 2.35. The summed E-state index contributed by atoms with van der Waals surface area (Å²) in [5.74, 6) is -0.166. The number of esters is 1. The fraction of sp³-hybridized carbons (Fsp3) is 0.529. The summed E-state index contributed by atoms with van der Waals surface area (Å²) in [6.07, 6.45) is 2.15. The van der Waals surface area contributed by atoms with Crippen LogP contribution >= 0.6 is 11.6 Å². The highest BCUT2D eigenvalue weighted by molar-refractivity contribution is 6.31. The van der Waals surface area contributed by atoms with Crippen molar-refractivity contribution in [1.29, 1.82) is 0 Å². The summed E-state index contributed by atoms with van der Waals surface area (Å²) in [6, 6.07) is 5.02. The molecule has 0 unspecified atom stereocenters. The van der Waals surface area contributed by atoms with E-state index in [-0.39, 0.29) is 24.9 Å². The van der Waals surface area contributed by atoms with Gasteiger partial charge in [-0.1, -0.05) is 11.6 Å². The van der Waals surface area contributed by atoms with Crippen LogP contribution in [0.2, 0.25) is 5.02 Å². The van der Waals surface area contributed by atoms with Gasteiger partial charge in [-0.05, 0) is 38.0 Å². The summed E-state index contributed by atoms with van der Waals surface area (Å²) >= 11 is 5.99. The highest BCUT2D eigenvalue weighted by Gasteiger charge is 2.17. The predicted molar refractivity (Wildman–Crippen MR) is 90.4 cm³/mol. The lowest BCUT2D eigenvalue weighted by Gasteiger charge is -2.15. The van der Waals surface area contributed by atoms with Crippen molar-refractivity contribution in [3.05, 3.63) is 23.2 Å². The molecule has 1 N–H and O–H groups in total. The van der Waals surface area contributed by atoms with Crippen LogP contribution in [-0.2, 0) is 19.1 Å². The largest absolute Gasteiger partial charge is 0.489 e. The van der Waals surface area contributed by atoms with E-state index in [1.54, 1.807) is 25.1 Å². The van der Waals surface area contributed by atoms with E-state index >= 15 is 0 Å². The molecule has 1 aliphatic rings. The molecule has 7 heteroatoms. The van der Waals surface area contributed by atoms with Crippen molar-refractivity contribution in [1.82, 2.24) is 0 Å². The number of benzene rings is 1. The molecule has 1 amide bonds. The smallest absolute Gasteiger partial charge is 0.306 e. The Bertz CT molecular complexity index is 572. The molecule has 0 aromatic heterocycles. The molecule has 0 radical (unpaired) electrons. The zero-order chi connectivity index (χ0) is 17.4. The molecule has 6 nitrogen and oxygen atoms in total. The molecule has 0 bridgehead atoms. The highest BCUT2D eigenvalue weighted by atomic mass is 35.5. The van der Waals surface area contributed by atoms with Crippen molar-refractivity contribution in [3.8, 4) is 5.75 Å². The molecule has 1 heterocycles. The maximum absolute atomic E-state index is 12.0. The Morgan fingerprint density at radius 1 is 1.38 bits per heavy atom. The van der Waals surface area contributed by atoms with Crippen LogP contribution in [0.4, 0.5) is 5.69 Å². The number of carbonyl (C=O) groups excluding carboxylic acids is 2. The van der Waals surface area contributed by atoms with E-state index < -0.39 is 5.97 Å². The summed E-state index contributed by atoms with van der Waals surface area (Å²) in [7, 11) is 0. The minimum Gasteiger partial charge on any atom is -0.489 e. The number of hydrogen-bond acceptors (Lipinski definition) is 5. The van der Waals surface area contributed by atoms with Crippen molar-refractivity contribution in [2.75, 3.05) is 25.1 Å². The lowest BCUT2D eigenvalue weighted by atomic mass is 10.2. The lowest BCUT2D eigenvalue weighted by Crippen LogP contribution is -2.18. The average Bonchev–Trinajstić information content (AvgIpc) is 3.06. The van der Waals surface area contributed by atoms with Crippen LogP contribution in [0.1, 0.15) is 32.6 Å². The van der Waals surface area contributed by atoms with E-state index in [1.807, 2.05) is 0 Å². The molecule has 0 spiro atoms. The molecule has 0 saturated carbocycles. The maximum atomic E-state index is 12.0. The summed E-state index contributed by atoms with van der Waals surface area (Å²) < 4.78 is 16.1. The van der Waals surface area contributed by atoms with Gasteiger partial charge in [0.1, 0.15) is 12.4 Å². The van der Waals surface area contributed by atoms with Crippen LogP contribution in [0.25, 0.3) is 0 Å². The van der Waals surface area contributed by atoms with Gasteiger partial charge in [0.15, 0.2) is 0 Å². The minimum absolute atomic E-state index is 0.0341. The zero-order valence-corrected chi connectivity index (χ0v) is 14.4. The van der Waals surface area contributed by atoms with E-state index in [2.05, 4.69) is 5.32 Å². The van der Waals surface area contributed by atoms with Crippen LogP contribution in [-0.4, -0.2) is 37.8 Å². The zero-order valence-electron chi connectivity index (χ0n) is 13.7. The molecular weight excluding hydrogens is 334 g/mol. The number of anilines is 1. The minimum atomic E-state index is -0.395. The van der Waals surface area contributed by atoms with Gasteiger partial charge in [-0.25, -0.2) is 0 Å². The SMILES string of the molecule is CCOC(=O)CCC(=O)Nc1cc(Cl)ccc1OC[C@@H]1CCCO1. The van der Waals surface area contributed by atoms with Gasteiger partial charge in [0.05, 0.1) is 24.8 Å². The Morgan fingerprint density at radius 3 is 2.92 bits per heavy atom. The maximum Gasteiger partial charge on any atom is 0.306 e. The van der Waals surface area contributed by atoms with Gasteiger partial charge in [-0.2, -0.15) is 0 Å². The highest BCUT2D eigenvalue weighted by Crippen LogP contribution is 2.29. The number of halogens is 1. The van der Waals surface area contributed by atoms with Crippen molar-refractivity contribution in [2.24, 2.45) is 0 Å². The second-order valence-electron chi connectivity index (χ2n) is 5.44. The topological polar surface area (TPSA) is 73.9 Å². The van der Waals surface area contributed by atoms with E-state index in [9.17, 15) is 9.59 Å². The first-order valence-corrected chi connectivity index (χ1v) is 8.45. The number of hydrogen-bond donors (Lipinski definition) is 1. The van der Waals surface area contributed by atoms with Gasteiger partial charge in [-0.15, -0.1) is 0 Å². The van der Waals surface area contributed by atoms with Crippen LogP contribution in [0.3, 0.4) is 0 Å². The van der Waals surface area contributed by atoms with Gasteiger partial charge < -0.3 is 19.5 Å². The van der Waals surface area contributed by atoms with Crippen LogP contribution in [0.15, 0.2) is 18.2 Å². The summed E-state index contributed by atoms with van der Waals surface area (Å²) in [6.45, 7) is 3.21. The van der Waals surface area contributed by atoms with E-state index in [1.165, 1.54) is 0 Å². The van der Waals surface area contributed by atoms with Crippen molar-refractivity contribution < 1.29 is 23.8 Å². The molecule has 0 aliphatic carbocycles. The molecule has 1 saturated heterocycles. The normalized spacial score (nSPS) is 16.7. The van der Waals surface area contributed by atoms with Crippen LogP contribution in [0, 0.1) is 0 Å². The Morgan fingerprint density at radius 2 is 2.21 bits per heavy atom. The van der Waals surface area contributed by atoms with Crippen molar-refractivity contribution >= 4 is 29.2 Å². The average molecular weight is 356 g/mol. The van der Waals surface area contributed by atoms with Gasteiger partial charge >= 0.3 is 5.97 Å². The van der Waals surface area contributed by atoms with Crippen LogP contribution in [0.5, 0.6) is 5.75 Å². The first-order chi connectivity index (χ1) is 11.6. The first kappa shape index (κ1) is 18.5. The van der Waals surface area contributed by atoms with E-state index in [4.69, 9.17) is 25.8 Å². The quantitative estimate of drug-likeness (QED) is 0.725. The van der Waals surface area contributed by atoms with Crippen LogP contribution < -0.4 is 10.1 Å². The molecular formula is C17H22ClNO5. The molecule has 1 aliphatic heterocycles. The Hall–Kier alpha value is -1.79. The van der Waals surface area contributed by atoms with Gasteiger partial charge in [0, 0.05) is 18.1 Å². The van der Waals surface area contributed by atoms with Crippen molar-refractivity contribution in [2.45, 2.75) is 38.7 Å². The monoisotopic (exact) mass is 355 g/mol. The van der Waals surface area contributed by atoms with Gasteiger partial charge in [-0.3, -0.25) is 9.59 Å². The molecule has 1 atom stereocenters. The summed E-state index contributed by atoms with van der Waals surface area (Å²) in [5, 5.41) is 3.21. The number of nitrogens with one attached hydrogen (secondary N) is 1. The number of carbonyl (C=O) groups is 2. The van der Waals surface area contributed by atoms with E-state index in [0.717, 1.165) is 19.4 Å². The number of rotatable bonds is 8. The first-order valence-electron chi connectivity index (χ1n) is 8.08. The van der Waals surface area contributed by atoms with Crippen molar-refractivity contribution in [3.63, 3.8) is 0 Å². The molecule has 1 fully saturated rings. The Labute approximate surface area is 146 Å². The lowest BCUT2D eigenvalue weighted by molar-refractivity contribution is -0.144. The number of ether oxygens (including phenoxy) is 3. The second-order valence-corrected chi connectivity index (χ2v) is 5.88. The third kappa shape index (κ3) is 6.02. The summed E-state index contributed by atoms with van der Waals surface area (Å²) in [5.41, 5.74) is 0.481. The summed E-state index contributed by atoms with van der Waals surface area (Å²) in [4.78, 5) is 23.3. The Kier molecular flexibility index (Phi) is 7.34. The third-order valence-electron chi connectivity index (χ3n) is 3.53. The Balaban J connectivity index is 1.90. The molecule has 24 heavy (non-hydrogen) atoms. The fourth-order valence-corrected chi connectivity index (χ4v) is 2.52. The molecule has 1 aromatic rings. The molecule has 2 rings (SSSR count). The number of amides is 1. The second kappa shape index (κ2) is 9.49. The van der Waals surface area contributed by atoms with Gasteiger partial charge in [0.25, 0.3) is 0 Å². The van der Waals surface area contributed by atoms with E-state index in [0.29, 0.717) is 29.7 Å². The third-order valence-corrected chi connectivity index (χ3v) is 3.76. The molecule has 1 aromatic carbocycles. The predicted octanol–water partition coefficient (Wildman–Crippen LogP) is 3.18. The standard InChI is InChI=1S/C17H22ClNO5/c1-2-22-17(21)8-7-16(20)19-14-10-12(18)5-6-15(14)24-11-13-4-3-9-23-13/h5-6,10,13H,2-4,7-9,11H2,1H3,(H,19,20)/t13-/m0/s1. The van der Waals surface area contributed by atoms with Gasteiger partial charge in [0.2, 0.25) is 5.91 Å².